The summed E-state index contributed by atoms with van der Waals surface area (Å²) in [7, 11) is 0. The van der Waals surface area contributed by atoms with E-state index in [1.54, 1.807) is 6.20 Å². The molecule has 1 spiro atoms. The number of H-pyrrole nitrogens is 1. The number of nitrogens with zero attached hydrogens (tertiary/aromatic N) is 5. The number of carbonyl (C=O) groups is 1. The number of carbonyl (C=O) groups excluding carboxylic acids is 1. The zero-order valence-corrected chi connectivity index (χ0v) is 24.0. The predicted octanol–water partition coefficient (Wildman–Crippen LogP) is 4.65. The third-order valence-corrected chi connectivity index (χ3v) is 9.30. The molecule has 6 rings (SSSR count). The van der Waals surface area contributed by atoms with Crippen molar-refractivity contribution in [1.29, 1.82) is 0 Å². The van der Waals surface area contributed by atoms with Crippen molar-refractivity contribution in [2.24, 2.45) is 4.99 Å². The summed E-state index contributed by atoms with van der Waals surface area (Å²) in [4.78, 5) is 34.0. The number of hydrogen-bond acceptors (Lipinski definition) is 7. The van der Waals surface area contributed by atoms with E-state index in [1.807, 2.05) is 40.8 Å². The van der Waals surface area contributed by atoms with Crippen molar-refractivity contribution in [2.45, 2.75) is 51.4 Å². The third kappa shape index (κ3) is 6.44. The Morgan fingerprint density at radius 3 is 2.67 bits per heavy atom. The normalized spacial score (nSPS) is 19.1. The summed E-state index contributed by atoms with van der Waals surface area (Å²) in [6, 6.07) is 10.3. The van der Waals surface area contributed by atoms with E-state index in [0.717, 1.165) is 69.1 Å². The van der Waals surface area contributed by atoms with Crippen LogP contribution in [0.3, 0.4) is 0 Å². The number of rotatable bonds is 9. The average molecular weight is 559 g/mol. The highest BCUT2D eigenvalue weighted by molar-refractivity contribution is 7.10. The summed E-state index contributed by atoms with van der Waals surface area (Å²) >= 11 is 1.84. The molecule has 0 bridgehead atoms. The van der Waals surface area contributed by atoms with Gasteiger partial charge in [0.25, 0.3) is 5.91 Å². The van der Waals surface area contributed by atoms with Gasteiger partial charge in [0, 0.05) is 80.4 Å². The fraction of sp³-hybridized carbons (Fsp3) is 0.452. The first-order chi connectivity index (χ1) is 19.6. The lowest BCUT2D eigenvalue weighted by molar-refractivity contribution is -0.127. The monoisotopic (exact) mass is 558 g/mol. The number of hydrogen-bond donors (Lipinski definition) is 1. The Balaban J connectivity index is 1.05. The van der Waals surface area contributed by atoms with Crippen LogP contribution in [-0.2, 0) is 24.4 Å². The van der Waals surface area contributed by atoms with Crippen molar-refractivity contribution in [2.75, 3.05) is 39.3 Å². The number of amides is 1. The summed E-state index contributed by atoms with van der Waals surface area (Å²) in [5, 5.41) is 2.18. The van der Waals surface area contributed by atoms with Crippen LogP contribution in [0.4, 0.5) is 0 Å². The molecule has 3 aromatic rings. The molecule has 1 aromatic carbocycles. The second-order valence-corrected chi connectivity index (χ2v) is 12.2. The van der Waals surface area contributed by atoms with Crippen molar-refractivity contribution in [3.05, 3.63) is 87.8 Å². The van der Waals surface area contributed by atoms with Crippen LogP contribution in [0.2, 0.25) is 0 Å². The van der Waals surface area contributed by atoms with E-state index in [9.17, 15) is 4.79 Å². The van der Waals surface area contributed by atoms with Gasteiger partial charge in [-0.05, 0) is 54.5 Å². The summed E-state index contributed by atoms with van der Waals surface area (Å²) < 4.78 is 6.35. The van der Waals surface area contributed by atoms with Crippen molar-refractivity contribution in [3.63, 3.8) is 0 Å². The molecule has 210 valence electrons. The SMILES string of the molecule is Cc1ccsc1CN1CCC2(CC1)CN(C(=O)c1ccc(CN(CC3=NC=CC3)Cc3ncc[nH]3)cc1)CCO2. The predicted molar refractivity (Wildman–Crippen MR) is 158 cm³/mol. The Labute approximate surface area is 240 Å². The van der Waals surface area contributed by atoms with Gasteiger partial charge in [-0.25, -0.2) is 4.98 Å². The van der Waals surface area contributed by atoms with E-state index in [0.29, 0.717) is 26.2 Å². The number of morpholine rings is 1. The Hall–Kier alpha value is -3.11. The molecule has 0 unspecified atom stereocenters. The van der Waals surface area contributed by atoms with E-state index in [1.165, 1.54) is 16.0 Å². The first kappa shape index (κ1) is 27.1. The topological polar surface area (TPSA) is 77.1 Å². The number of aryl methyl sites for hydroxylation is 1. The molecule has 3 aliphatic rings. The van der Waals surface area contributed by atoms with Crippen LogP contribution < -0.4 is 0 Å². The lowest BCUT2D eigenvalue weighted by Crippen LogP contribution is -2.57. The number of aromatic nitrogens is 2. The van der Waals surface area contributed by atoms with Gasteiger partial charge in [0.15, 0.2) is 0 Å². The van der Waals surface area contributed by atoms with Gasteiger partial charge in [-0.2, -0.15) is 0 Å². The number of thiophene rings is 1. The van der Waals surface area contributed by atoms with Crippen molar-refractivity contribution >= 4 is 23.0 Å². The molecular weight excluding hydrogens is 520 g/mol. The Morgan fingerprint density at radius 2 is 1.98 bits per heavy atom. The number of piperidine rings is 1. The summed E-state index contributed by atoms with van der Waals surface area (Å²) in [5.41, 5.74) is 4.23. The summed E-state index contributed by atoms with van der Waals surface area (Å²) in [6.45, 7) is 9.40. The van der Waals surface area contributed by atoms with E-state index >= 15 is 0 Å². The molecule has 40 heavy (non-hydrogen) atoms. The number of nitrogens with one attached hydrogen (secondary N) is 1. The van der Waals surface area contributed by atoms with Crippen LogP contribution in [-0.4, -0.2) is 81.2 Å². The zero-order valence-electron chi connectivity index (χ0n) is 23.2. The second kappa shape index (κ2) is 12.2. The molecule has 9 heteroatoms. The second-order valence-electron chi connectivity index (χ2n) is 11.2. The highest BCUT2D eigenvalue weighted by atomic mass is 32.1. The lowest BCUT2D eigenvalue weighted by Gasteiger charge is -2.47. The lowest BCUT2D eigenvalue weighted by atomic mass is 9.89. The maximum atomic E-state index is 13.5. The molecule has 5 heterocycles. The molecule has 2 fully saturated rings. The molecule has 0 aliphatic carbocycles. The number of aromatic amines is 1. The average Bonchev–Trinajstić information content (AvgIpc) is 3.75. The van der Waals surface area contributed by atoms with Gasteiger partial charge >= 0.3 is 0 Å². The van der Waals surface area contributed by atoms with Gasteiger partial charge in [-0.15, -0.1) is 11.3 Å². The standard InChI is InChI=1S/C31H38N6O2S/c1-24-8-18-40-28(24)21-35-14-9-31(10-15-35)23-37(16-17-39-31)30(38)26-6-4-25(5-7-26)19-36(20-27-3-2-11-32-27)22-29-33-12-13-34-29/h2,4-8,11-13,18H,3,9-10,14-17,19-23H2,1H3,(H,33,34). The third-order valence-electron chi connectivity index (χ3n) is 8.30. The number of ether oxygens (including phenoxy) is 1. The highest BCUT2D eigenvalue weighted by Crippen LogP contribution is 2.32. The van der Waals surface area contributed by atoms with Gasteiger partial charge in [0.05, 0.1) is 25.3 Å². The Bertz CT molecular complexity index is 1340. The molecule has 1 N–H and O–H groups in total. The molecule has 2 aromatic heterocycles. The largest absolute Gasteiger partial charge is 0.371 e. The fourth-order valence-corrected chi connectivity index (χ4v) is 6.88. The van der Waals surface area contributed by atoms with Gasteiger partial charge in [-0.1, -0.05) is 18.2 Å². The van der Waals surface area contributed by atoms with Gasteiger partial charge in [0.1, 0.15) is 5.82 Å². The molecule has 1 amide bonds. The van der Waals surface area contributed by atoms with Crippen LogP contribution in [0.25, 0.3) is 0 Å². The fourth-order valence-electron chi connectivity index (χ4n) is 5.93. The van der Waals surface area contributed by atoms with Gasteiger partial charge in [-0.3, -0.25) is 19.6 Å². The molecule has 0 saturated carbocycles. The molecule has 2 saturated heterocycles. The minimum atomic E-state index is -0.223. The molecule has 0 atom stereocenters. The van der Waals surface area contributed by atoms with Crippen LogP contribution in [0.5, 0.6) is 0 Å². The maximum absolute atomic E-state index is 13.5. The summed E-state index contributed by atoms with van der Waals surface area (Å²) in [6.07, 6.45) is 10.4. The van der Waals surface area contributed by atoms with Crippen LogP contribution in [0.1, 0.15) is 51.4 Å². The van der Waals surface area contributed by atoms with Crippen molar-refractivity contribution in [3.8, 4) is 0 Å². The van der Waals surface area contributed by atoms with E-state index in [4.69, 9.17) is 4.74 Å². The first-order valence-corrected chi connectivity index (χ1v) is 15.1. The number of imidazole rings is 1. The molecular formula is C31H38N6O2S. The smallest absolute Gasteiger partial charge is 0.254 e. The van der Waals surface area contributed by atoms with Crippen molar-refractivity contribution in [1.82, 2.24) is 24.7 Å². The van der Waals surface area contributed by atoms with E-state index in [-0.39, 0.29) is 11.5 Å². The van der Waals surface area contributed by atoms with Gasteiger partial charge < -0.3 is 14.6 Å². The zero-order chi connectivity index (χ0) is 27.4. The highest BCUT2D eigenvalue weighted by Gasteiger charge is 2.41. The van der Waals surface area contributed by atoms with Crippen LogP contribution in [0, 0.1) is 6.92 Å². The number of likely N-dealkylation sites (tertiary alicyclic amines) is 1. The maximum Gasteiger partial charge on any atom is 0.254 e. The Morgan fingerprint density at radius 1 is 1.12 bits per heavy atom. The van der Waals surface area contributed by atoms with E-state index < -0.39 is 0 Å². The first-order valence-electron chi connectivity index (χ1n) is 14.2. The van der Waals surface area contributed by atoms with Gasteiger partial charge in [0.2, 0.25) is 0 Å². The molecule has 8 nitrogen and oxygen atoms in total. The summed E-state index contributed by atoms with van der Waals surface area (Å²) in [5.74, 6) is 1.04. The minimum absolute atomic E-state index is 0.102. The molecule has 0 radical (unpaired) electrons. The number of aliphatic imine (C=N–C) groups is 1. The van der Waals surface area contributed by atoms with Crippen LogP contribution in [0.15, 0.2) is 65.4 Å². The van der Waals surface area contributed by atoms with Crippen molar-refractivity contribution < 1.29 is 9.53 Å². The number of benzene rings is 1. The van der Waals surface area contributed by atoms with E-state index in [2.05, 4.69) is 61.3 Å². The van der Waals surface area contributed by atoms with Crippen LogP contribution >= 0.6 is 11.3 Å². The minimum Gasteiger partial charge on any atom is -0.371 e. The Kier molecular flexibility index (Phi) is 8.25. The number of allylic oxidation sites excluding steroid dienone is 1. The molecule has 3 aliphatic heterocycles. The quantitative estimate of drug-likeness (QED) is 0.414.